The van der Waals surface area contributed by atoms with Crippen LogP contribution in [0.15, 0.2) is 41.0 Å². The van der Waals surface area contributed by atoms with Gasteiger partial charge in [-0.3, -0.25) is 4.79 Å². The number of benzene rings is 1. The molecule has 124 valence electrons. The Morgan fingerprint density at radius 2 is 1.74 bits per heavy atom. The molecule has 0 radical (unpaired) electrons. The van der Waals surface area contributed by atoms with E-state index in [-0.39, 0.29) is 24.4 Å². The van der Waals surface area contributed by atoms with Crippen molar-refractivity contribution >= 4 is 5.91 Å². The summed E-state index contributed by atoms with van der Waals surface area (Å²) in [5.74, 6) is 1.25. The lowest BCUT2D eigenvalue weighted by atomic mass is 9.93. The molecule has 4 nitrogen and oxygen atoms in total. The third kappa shape index (κ3) is 4.23. The van der Waals surface area contributed by atoms with E-state index in [4.69, 9.17) is 10.2 Å². The van der Waals surface area contributed by atoms with E-state index >= 15 is 0 Å². The highest BCUT2D eigenvalue weighted by molar-refractivity contribution is 5.94. The molecule has 1 atom stereocenters. The number of carbonyl (C=O) groups excluding carboxylic acids is 1. The van der Waals surface area contributed by atoms with Crippen molar-refractivity contribution in [2.45, 2.75) is 46.2 Å². The summed E-state index contributed by atoms with van der Waals surface area (Å²) in [6.45, 7) is 8.83. The van der Waals surface area contributed by atoms with E-state index in [9.17, 15) is 4.79 Å². The van der Waals surface area contributed by atoms with Gasteiger partial charge in [-0.1, -0.05) is 52.0 Å². The normalized spacial score (nSPS) is 12.7. The fraction of sp³-hybridized carbons (Fsp3) is 0.421. The summed E-state index contributed by atoms with van der Waals surface area (Å²) in [5, 5.41) is 3.10. The molecule has 1 amide bonds. The Labute approximate surface area is 138 Å². The number of nitrogens with one attached hydrogen (secondary N) is 1. The van der Waals surface area contributed by atoms with E-state index < -0.39 is 0 Å². The molecule has 0 bridgehead atoms. The Morgan fingerprint density at radius 3 is 2.22 bits per heavy atom. The average molecular weight is 314 g/mol. The van der Waals surface area contributed by atoms with E-state index in [1.165, 1.54) is 11.8 Å². The second kappa shape index (κ2) is 7.47. The molecule has 23 heavy (non-hydrogen) atoms. The number of hydrogen-bond donors (Lipinski definition) is 2. The maximum absolute atomic E-state index is 12.4. The van der Waals surface area contributed by atoms with E-state index in [1.54, 1.807) is 6.07 Å². The molecular formula is C19H26N2O2. The molecule has 3 N–H and O–H groups in total. The van der Waals surface area contributed by atoms with Gasteiger partial charge in [-0.15, -0.1) is 0 Å². The van der Waals surface area contributed by atoms with Crippen LogP contribution in [0.2, 0.25) is 0 Å². The zero-order valence-electron chi connectivity index (χ0n) is 14.3. The first-order valence-corrected chi connectivity index (χ1v) is 8.10. The summed E-state index contributed by atoms with van der Waals surface area (Å²) in [4.78, 5) is 12.4. The molecule has 0 saturated heterocycles. The number of nitrogens with two attached hydrogens (primary N) is 1. The average Bonchev–Trinajstić information content (AvgIpc) is 3.01. The Bertz CT molecular complexity index is 642. The van der Waals surface area contributed by atoms with Crippen molar-refractivity contribution < 1.29 is 9.21 Å². The lowest BCUT2D eigenvalue weighted by Gasteiger charge is -2.23. The molecule has 1 heterocycles. The molecule has 2 aromatic rings. The predicted octanol–water partition coefficient (Wildman–Crippen LogP) is 3.99. The van der Waals surface area contributed by atoms with Crippen molar-refractivity contribution in [1.82, 2.24) is 5.32 Å². The van der Waals surface area contributed by atoms with Gasteiger partial charge in [0.1, 0.15) is 12.0 Å². The van der Waals surface area contributed by atoms with Gasteiger partial charge in [-0.25, -0.2) is 0 Å². The van der Waals surface area contributed by atoms with Gasteiger partial charge in [-0.2, -0.15) is 0 Å². The number of carbonyl (C=O) groups is 1. The van der Waals surface area contributed by atoms with Gasteiger partial charge < -0.3 is 15.5 Å². The summed E-state index contributed by atoms with van der Waals surface area (Å²) < 4.78 is 5.24. The minimum absolute atomic E-state index is 0.0417. The van der Waals surface area contributed by atoms with Crippen LogP contribution in [0.4, 0.5) is 0 Å². The zero-order chi connectivity index (χ0) is 17.0. The van der Waals surface area contributed by atoms with Gasteiger partial charge in [0.25, 0.3) is 5.91 Å². The van der Waals surface area contributed by atoms with Crippen LogP contribution in [0.3, 0.4) is 0 Å². The van der Waals surface area contributed by atoms with Gasteiger partial charge >= 0.3 is 0 Å². The monoisotopic (exact) mass is 314 g/mol. The first kappa shape index (κ1) is 17.3. The molecule has 0 saturated carbocycles. The summed E-state index contributed by atoms with van der Waals surface area (Å²) in [7, 11) is 0. The third-order valence-electron chi connectivity index (χ3n) is 4.03. The molecule has 0 aliphatic carbocycles. The Hall–Kier alpha value is -2.07. The van der Waals surface area contributed by atoms with Crippen molar-refractivity contribution in [2.75, 3.05) is 0 Å². The topological polar surface area (TPSA) is 68.3 Å². The highest BCUT2D eigenvalue weighted by Gasteiger charge is 2.20. The zero-order valence-corrected chi connectivity index (χ0v) is 14.3. The van der Waals surface area contributed by atoms with Gasteiger partial charge in [0, 0.05) is 0 Å². The van der Waals surface area contributed by atoms with Crippen LogP contribution < -0.4 is 11.1 Å². The van der Waals surface area contributed by atoms with Crippen LogP contribution in [0.5, 0.6) is 0 Å². The maximum Gasteiger partial charge on any atom is 0.255 e. The van der Waals surface area contributed by atoms with E-state index in [0.717, 1.165) is 5.56 Å². The summed E-state index contributed by atoms with van der Waals surface area (Å²) in [5.41, 5.74) is 8.43. The van der Waals surface area contributed by atoms with Crippen molar-refractivity contribution in [3.63, 3.8) is 0 Å². The number of furan rings is 1. The third-order valence-corrected chi connectivity index (χ3v) is 4.03. The minimum atomic E-state index is -0.139. The Kier molecular flexibility index (Phi) is 5.61. The molecule has 0 fully saturated rings. The first-order valence-electron chi connectivity index (χ1n) is 8.10. The SMILES string of the molecule is CC(C)c1ccc(C(NC(=O)c2coc(CN)c2)C(C)C)cc1. The second-order valence-electron chi connectivity index (χ2n) is 6.52. The van der Waals surface area contributed by atoms with E-state index in [0.29, 0.717) is 17.2 Å². The maximum atomic E-state index is 12.4. The molecule has 0 aliphatic rings. The van der Waals surface area contributed by atoms with Crippen LogP contribution in [0.25, 0.3) is 0 Å². The van der Waals surface area contributed by atoms with Crippen molar-refractivity contribution in [1.29, 1.82) is 0 Å². The van der Waals surface area contributed by atoms with Gasteiger partial charge in [0.2, 0.25) is 0 Å². The fourth-order valence-electron chi connectivity index (χ4n) is 2.55. The van der Waals surface area contributed by atoms with E-state index in [1.807, 2.05) is 0 Å². The van der Waals surface area contributed by atoms with E-state index in [2.05, 4.69) is 57.3 Å². The van der Waals surface area contributed by atoms with Crippen molar-refractivity contribution in [3.05, 3.63) is 59.0 Å². The van der Waals surface area contributed by atoms with Gasteiger partial charge in [-0.05, 0) is 29.0 Å². The van der Waals surface area contributed by atoms with Crippen LogP contribution >= 0.6 is 0 Å². The van der Waals surface area contributed by atoms with Gasteiger partial charge in [0.05, 0.1) is 18.2 Å². The van der Waals surface area contributed by atoms with Crippen LogP contribution in [-0.4, -0.2) is 5.91 Å². The summed E-state index contributed by atoms with van der Waals surface area (Å²) in [6, 6.07) is 10.1. The highest BCUT2D eigenvalue weighted by Crippen LogP contribution is 2.24. The molecular weight excluding hydrogens is 288 g/mol. The molecule has 1 unspecified atom stereocenters. The van der Waals surface area contributed by atoms with Crippen molar-refractivity contribution in [2.24, 2.45) is 11.7 Å². The lowest BCUT2D eigenvalue weighted by molar-refractivity contribution is 0.0925. The Balaban J connectivity index is 2.16. The molecule has 2 rings (SSSR count). The van der Waals surface area contributed by atoms with Crippen molar-refractivity contribution in [3.8, 4) is 0 Å². The minimum Gasteiger partial charge on any atom is -0.467 e. The smallest absolute Gasteiger partial charge is 0.255 e. The molecule has 4 heteroatoms. The summed E-state index contributed by atoms with van der Waals surface area (Å²) in [6.07, 6.45) is 1.46. The van der Waals surface area contributed by atoms with Gasteiger partial charge in [0.15, 0.2) is 0 Å². The quantitative estimate of drug-likeness (QED) is 0.847. The first-order chi connectivity index (χ1) is 10.9. The molecule has 0 spiro atoms. The largest absolute Gasteiger partial charge is 0.467 e. The lowest BCUT2D eigenvalue weighted by Crippen LogP contribution is -2.31. The molecule has 1 aromatic carbocycles. The standard InChI is InChI=1S/C19H26N2O2/c1-12(2)14-5-7-15(8-6-14)18(13(3)4)21-19(22)16-9-17(10-20)23-11-16/h5-9,11-13,18H,10,20H2,1-4H3,(H,21,22). The Morgan fingerprint density at radius 1 is 1.13 bits per heavy atom. The van der Waals surface area contributed by atoms with Crippen LogP contribution in [0, 0.1) is 5.92 Å². The number of hydrogen-bond acceptors (Lipinski definition) is 3. The van der Waals surface area contributed by atoms with Crippen LogP contribution in [-0.2, 0) is 6.54 Å². The fourth-order valence-corrected chi connectivity index (χ4v) is 2.55. The number of rotatable bonds is 6. The second-order valence-corrected chi connectivity index (χ2v) is 6.52. The number of amides is 1. The summed E-state index contributed by atoms with van der Waals surface area (Å²) >= 11 is 0. The molecule has 0 aliphatic heterocycles. The molecule has 1 aromatic heterocycles. The van der Waals surface area contributed by atoms with Crippen LogP contribution in [0.1, 0.15) is 66.9 Å². The highest BCUT2D eigenvalue weighted by atomic mass is 16.3. The predicted molar refractivity (Wildman–Crippen MR) is 92.2 cm³/mol.